The molecule has 0 spiro atoms. The summed E-state index contributed by atoms with van der Waals surface area (Å²) < 4.78 is 25.6. The predicted molar refractivity (Wildman–Crippen MR) is 128 cm³/mol. The molecule has 0 heterocycles. The number of fused-ring (bicyclic) bond motifs is 2. The van der Waals surface area contributed by atoms with E-state index in [1.54, 1.807) is 42.5 Å². The summed E-state index contributed by atoms with van der Waals surface area (Å²) in [6.45, 7) is 0. The minimum Gasteiger partial charge on any atom is -0.454 e. The van der Waals surface area contributed by atoms with Gasteiger partial charge in [-0.3, -0.25) is 9.59 Å². The molecular weight excluding hydrogens is 483 g/mol. The van der Waals surface area contributed by atoms with Crippen LogP contribution in [0.25, 0.3) is 0 Å². The lowest BCUT2D eigenvalue weighted by Crippen LogP contribution is -2.23. The summed E-state index contributed by atoms with van der Waals surface area (Å²) in [7, 11) is 0. The summed E-state index contributed by atoms with van der Waals surface area (Å²) in [4.78, 5) is 54.3. The van der Waals surface area contributed by atoms with Gasteiger partial charge in [-0.15, -0.1) is 4.91 Å². The standard InChI is InChI=1S/C27H15FN2O7/c28-17-12-22(18(29)13-21(17)37-30-34)35-19-10-11-20(36-27(33)14-6-2-1-3-7-14)24-23(19)25(31)15-8-4-5-9-16(15)26(24)32/h1-13H,29H2. The lowest BCUT2D eigenvalue weighted by molar-refractivity contribution is 0.0731. The number of nitrogens with two attached hydrogens (primary N) is 1. The van der Waals surface area contributed by atoms with Crippen molar-refractivity contribution in [1.82, 2.24) is 0 Å². The Kier molecular flexibility index (Phi) is 5.90. The van der Waals surface area contributed by atoms with Gasteiger partial charge in [0.05, 0.1) is 22.4 Å². The first-order valence-electron chi connectivity index (χ1n) is 10.8. The van der Waals surface area contributed by atoms with Gasteiger partial charge >= 0.3 is 5.97 Å². The molecule has 10 heteroatoms. The van der Waals surface area contributed by atoms with Gasteiger partial charge in [-0.1, -0.05) is 42.5 Å². The van der Waals surface area contributed by atoms with Crippen LogP contribution in [0.3, 0.4) is 0 Å². The van der Waals surface area contributed by atoms with Crippen molar-refractivity contribution in [1.29, 1.82) is 0 Å². The predicted octanol–water partition coefficient (Wildman–Crippen LogP) is 5.26. The summed E-state index contributed by atoms with van der Waals surface area (Å²) in [5.41, 5.74) is 5.89. The molecule has 1 aliphatic carbocycles. The van der Waals surface area contributed by atoms with E-state index in [1.165, 1.54) is 24.3 Å². The molecule has 0 amide bonds. The first-order valence-corrected chi connectivity index (χ1v) is 10.8. The van der Waals surface area contributed by atoms with Gasteiger partial charge in [-0.2, -0.15) is 0 Å². The van der Waals surface area contributed by atoms with Crippen LogP contribution in [0.5, 0.6) is 23.0 Å². The fraction of sp³-hybridized carbons (Fsp3) is 0. The fourth-order valence-corrected chi connectivity index (χ4v) is 3.93. The van der Waals surface area contributed by atoms with Crippen LogP contribution >= 0.6 is 0 Å². The zero-order valence-electron chi connectivity index (χ0n) is 18.8. The molecule has 0 aromatic heterocycles. The van der Waals surface area contributed by atoms with Gasteiger partial charge in [-0.25, -0.2) is 9.18 Å². The first kappa shape index (κ1) is 23.4. The third-order valence-corrected chi connectivity index (χ3v) is 5.63. The highest BCUT2D eigenvalue weighted by Gasteiger charge is 2.36. The van der Waals surface area contributed by atoms with E-state index in [9.17, 15) is 23.7 Å². The average Bonchev–Trinajstić information content (AvgIpc) is 2.91. The van der Waals surface area contributed by atoms with Crippen LogP contribution in [0.2, 0.25) is 0 Å². The topological polar surface area (TPSA) is 134 Å². The van der Waals surface area contributed by atoms with Crippen molar-refractivity contribution >= 4 is 23.2 Å². The number of nitrogens with zero attached hydrogens (tertiary/aromatic N) is 1. The van der Waals surface area contributed by atoms with E-state index < -0.39 is 29.1 Å². The molecule has 4 aromatic rings. The monoisotopic (exact) mass is 498 g/mol. The molecule has 2 N–H and O–H groups in total. The van der Waals surface area contributed by atoms with Crippen LogP contribution in [0.4, 0.5) is 10.1 Å². The smallest absolute Gasteiger partial charge is 0.343 e. The Morgan fingerprint density at radius 1 is 0.757 bits per heavy atom. The SMILES string of the molecule is Nc1cc(ON=O)c(F)cc1Oc1ccc(OC(=O)c2ccccc2)c2c1C(=O)c1ccccc1C2=O. The Bertz CT molecular complexity index is 1600. The number of halogens is 1. The Morgan fingerprint density at radius 3 is 2.00 bits per heavy atom. The summed E-state index contributed by atoms with van der Waals surface area (Å²) in [5, 5.41) is 2.16. The van der Waals surface area contributed by atoms with Crippen molar-refractivity contribution in [3.8, 4) is 23.0 Å². The maximum atomic E-state index is 14.3. The highest BCUT2D eigenvalue weighted by Crippen LogP contribution is 2.42. The maximum Gasteiger partial charge on any atom is 0.343 e. The molecule has 182 valence electrons. The van der Waals surface area contributed by atoms with Crippen LogP contribution in [-0.2, 0) is 0 Å². The summed E-state index contributed by atoms with van der Waals surface area (Å²) in [6.07, 6.45) is 0. The van der Waals surface area contributed by atoms with Gasteiger partial charge in [0.1, 0.15) is 11.5 Å². The minimum atomic E-state index is -1.00. The van der Waals surface area contributed by atoms with Crippen LogP contribution in [-0.4, -0.2) is 17.5 Å². The largest absolute Gasteiger partial charge is 0.454 e. The van der Waals surface area contributed by atoms with E-state index in [2.05, 4.69) is 10.2 Å². The number of esters is 1. The van der Waals surface area contributed by atoms with Crippen molar-refractivity contribution in [3.05, 3.63) is 117 Å². The number of carbonyl (C=O) groups is 3. The molecule has 0 fully saturated rings. The van der Waals surface area contributed by atoms with Crippen molar-refractivity contribution < 1.29 is 33.1 Å². The Hall–Kier alpha value is -5.38. The molecule has 0 unspecified atom stereocenters. The number of ether oxygens (including phenoxy) is 2. The zero-order chi connectivity index (χ0) is 26.1. The Balaban J connectivity index is 1.63. The van der Waals surface area contributed by atoms with Gasteiger partial charge < -0.3 is 20.0 Å². The highest BCUT2D eigenvalue weighted by atomic mass is 19.1. The third kappa shape index (κ3) is 4.16. The van der Waals surface area contributed by atoms with Crippen molar-refractivity contribution in [2.45, 2.75) is 0 Å². The van der Waals surface area contributed by atoms with Gasteiger partial charge in [-0.05, 0) is 24.3 Å². The van der Waals surface area contributed by atoms with Crippen molar-refractivity contribution in [2.75, 3.05) is 5.73 Å². The van der Waals surface area contributed by atoms with E-state index in [4.69, 9.17) is 15.2 Å². The number of benzene rings is 4. The van der Waals surface area contributed by atoms with E-state index in [0.717, 1.165) is 12.1 Å². The highest BCUT2D eigenvalue weighted by molar-refractivity contribution is 6.30. The van der Waals surface area contributed by atoms with E-state index in [0.29, 0.717) is 0 Å². The molecule has 5 rings (SSSR count). The molecule has 0 radical (unpaired) electrons. The molecule has 0 saturated carbocycles. The second kappa shape index (κ2) is 9.34. The number of nitrogen functional groups attached to an aromatic ring is 1. The molecule has 0 atom stereocenters. The number of hydrogen-bond donors (Lipinski definition) is 1. The molecule has 1 aliphatic rings. The average molecular weight is 498 g/mol. The third-order valence-electron chi connectivity index (χ3n) is 5.63. The molecule has 0 saturated heterocycles. The molecular formula is C27H15FN2O7. The minimum absolute atomic E-state index is 0.122. The van der Waals surface area contributed by atoms with Gasteiger partial charge in [0.2, 0.25) is 0 Å². The molecule has 4 aromatic carbocycles. The number of carbonyl (C=O) groups excluding carboxylic acids is 3. The van der Waals surface area contributed by atoms with Crippen molar-refractivity contribution in [2.24, 2.45) is 5.34 Å². The summed E-state index contributed by atoms with van der Waals surface area (Å²) >= 11 is 0. The number of anilines is 1. The lowest BCUT2D eigenvalue weighted by atomic mass is 9.83. The summed E-state index contributed by atoms with van der Waals surface area (Å²) in [6, 6.07) is 18.7. The molecule has 9 nitrogen and oxygen atoms in total. The zero-order valence-corrected chi connectivity index (χ0v) is 18.8. The maximum absolute atomic E-state index is 14.3. The van der Waals surface area contributed by atoms with Gasteiger partial charge in [0, 0.05) is 23.3 Å². The van der Waals surface area contributed by atoms with Crippen molar-refractivity contribution in [3.63, 3.8) is 0 Å². The van der Waals surface area contributed by atoms with Crippen LogP contribution in [0, 0.1) is 10.7 Å². The van der Waals surface area contributed by atoms with Gasteiger partial charge in [0.15, 0.2) is 34.2 Å². The van der Waals surface area contributed by atoms with Crippen LogP contribution < -0.4 is 20.0 Å². The second-order valence-corrected chi connectivity index (χ2v) is 7.86. The quantitative estimate of drug-likeness (QED) is 0.110. The Morgan fingerprint density at radius 2 is 1.35 bits per heavy atom. The Labute approximate surface area is 208 Å². The van der Waals surface area contributed by atoms with Crippen LogP contribution in [0.1, 0.15) is 42.2 Å². The molecule has 0 bridgehead atoms. The number of ketones is 2. The van der Waals surface area contributed by atoms with E-state index in [1.807, 2.05) is 0 Å². The molecule has 0 aliphatic heterocycles. The first-order chi connectivity index (χ1) is 17.9. The molecule has 37 heavy (non-hydrogen) atoms. The van der Waals surface area contributed by atoms with E-state index in [-0.39, 0.29) is 50.8 Å². The summed E-state index contributed by atoms with van der Waals surface area (Å²) in [5.74, 6) is -3.88. The van der Waals surface area contributed by atoms with Gasteiger partial charge in [0.25, 0.3) is 0 Å². The lowest BCUT2D eigenvalue weighted by Gasteiger charge is -2.22. The number of hydrogen-bond acceptors (Lipinski definition) is 9. The normalized spacial score (nSPS) is 11.8. The number of rotatable bonds is 6. The second-order valence-electron chi connectivity index (χ2n) is 7.86. The fourth-order valence-electron chi connectivity index (χ4n) is 3.93. The van der Waals surface area contributed by atoms with E-state index >= 15 is 0 Å². The van der Waals surface area contributed by atoms with Crippen LogP contribution in [0.15, 0.2) is 84.2 Å².